The van der Waals surface area contributed by atoms with Crippen molar-refractivity contribution < 1.29 is 38.1 Å². The summed E-state index contributed by atoms with van der Waals surface area (Å²) in [6, 6.07) is 24.4. The van der Waals surface area contributed by atoms with E-state index in [1.54, 1.807) is 12.1 Å². The Morgan fingerprint density at radius 2 is 0.816 bits per heavy atom. The number of rotatable bonds is 6. The third-order valence-corrected chi connectivity index (χ3v) is 6.46. The van der Waals surface area contributed by atoms with Crippen LogP contribution in [0.2, 0.25) is 0 Å². The highest BCUT2D eigenvalue weighted by Crippen LogP contribution is 2.32. The van der Waals surface area contributed by atoms with Gasteiger partial charge in [-0.15, -0.1) is 0 Å². The van der Waals surface area contributed by atoms with Crippen LogP contribution in [0, 0.1) is 0 Å². The van der Waals surface area contributed by atoms with Gasteiger partial charge in [0.15, 0.2) is 0 Å². The maximum absolute atomic E-state index is 11.8. The van der Waals surface area contributed by atoms with Crippen LogP contribution in [-0.2, 0) is 9.47 Å². The summed E-state index contributed by atoms with van der Waals surface area (Å²) in [5.74, 6) is -0.542. The molecule has 0 spiro atoms. The fourth-order valence-corrected chi connectivity index (χ4v) is 4.37. The summed E-state index contributed by atoms with van der Waals surface area (Å²) in [5.41, 5.74) is 2.98. The van der Waals surface area contributed by atoms with E-state index < -0.39 is 23.9 Å². The van der Waals surface area contributed by atoms with Crippen LogP contribution in [0.3, 0.4) is 0 Å². The quantitative estimate of drug-likeness (QED) is 0.230. The van der Waals surface area contributed by atoms with E-state index in [0.717, 1.165) is 11.1 Å². The van der Waals surface area contributed by atoms with Crippen LogP contribution in [0.1, 0.15) is 65.4 Å². The summed E-state index contributed by atoms with van der Waals surface area (Å²) < 4.78 is 20.9. The molecule has 4 aromatic rings. The number of benzene rings is 4. The molecule has 186 valence electrons. The van der Waals surface area contributed by atoms with E-state index in [1.807, 2.05) is 48.5 Å². The zero-order chi connectivity index (χ0) is 26.4. The Bertz CT molecular complexity index is 1510. The molecule has 8 heteroatoms. The second-order valence-corrected chi connectivity index (χ2v) is 8.83. The molecule has 0 saturated heterocycles. The van der Waals surface area contributed by atoms with Crippen molar-refractivity contribution in [1.82, 2.24) is 0 Å². The first-order valence-corrected chi connectivity index (χ1v) is 11.7. The number of ether oxygens (including phenoxy) is 4. The summed E-state index contributed by atoms with van der Waals surface area (Å²) >= 11 is 0. The van der Waals surface area contributed by atoms with Gasteiger partial charge in [-0.1, -0.05) is 31.2 Å². The fraction of sp³-hybridized carbons (Fsp3) is 0.0667. The number of cyclic esters (lactones) is 4. The molecular weight excluding hydrogens is 488 g/mol. The van der Waals surface area contributed by atoms with E-state index in [9.17, 15) is 19.2 Å². The molecule has 0 atom stereocenters. The molecule has 0 saturated carbocycles. The lowest BCUT2D eigenvalue weighted by molar-refractivity contribution is 0.0425. The predicted molar refractivity (Wildman–Crippen MR) is 133 cm³/mol. The number of fused-ring (bicyclic) bond motifs is 2. The first-order chi connectivity index (χ1) is 18.4. The van der Waals surface area contributed by atoms with Crippen molar-refractivity contribution in [2.75, 3.05) is 0 Å². The standard InChI is InChI=1S/C30H18O8/c1-16(17-2-6-19(7-3-17)35-21-10-12-23-25(14-21)29(33)37-27(23)31)18-4-8-20(9-5-18)36-22-11-13-24-26(15-22)30(34)38-28(24)32/h2-16H,1H3. The summed E-state index contributed by atoms with van der Waals surface area (Å²) in [5, 5.41) is 0. The number of carbonyl (C=O) groups is 4. The molecule has 0 aromatic heterocycles. The van der Waals surface area contributed by atoms with Crippen LogP contribution in [0.25, 0.3) is 0 Å². The third kappa shape index (κ3) is 4.18. The first kappa shape index (κ1) is 23.2. The first-order valence-electron chi connectivity index (χ1n) is 11.7. The average molecular weight is 506 g/mol. The molecule has 2 heterocycles. The zero-order valence-corrected chi connectivity index (χ0v) is 19.9. The molecule has 0 fully saturated rings. The number of hydrogen-bond donors (Lipinski definition) is 0. The van der Waals surface area contributed by atoms with Crippen molar-refractivity contribution in [3.63, 3.8) is 0 Å². The third-order valence-electron chi connectivity index (χ3n) is 6.46. The van der Waals surface area contributed by atoms with Crippen LogP contribution in [0.4, 0.5) is 0 Å². The van der Waals surface area contributed by atoms with Gasteiger partial charge >= 0.3 is 23.9 Å². The maximum Gasteiger partial charge on any atom is 0.347 e. The van der Waals surface area contributed by atoms with E-state index in [-0.39, 0.29) is 28.2 Å². The molecule has 0 unspecified atom stereocenters. The van der Waals surface area contributed by atoms with Crippen LogP contribution >= 0.6 is 0 Å². The Labute approximate surface area is 216 Å². The van der Waals surface area contributed by atoms with E-state index in [4.69, 9.17) is 9.47 Å². The Hall–Kier alpha value is -5.24. The summed E-state index contributed by atoms with van der Waals surface area (Å²) in [6.45, 7) is 2.08. The summed E-state index contributed by atoms with van der Waals surface area (Å²) in [4.78, 5) is 46.8. The molecule has 0 aliphatic carbocycles. The van der Waals surface area contributed by atoms with Crippen molar-refractivity contribution in [2.24, 2.45) is 0 Å². The van der Waals surface area contributed by atoms with Gasteiger partial charge in [0.2, 0.25) is 0 Å². The van der Waals surface area contributed by atoms with Crippen LogP contribution < -0.4 is 9.47 Å². The number of esters is 4. The Morgan fingerprint density at radius 1 is 0.474 bits per heavy atom. The monoisotopic (exact) mass is 506 g/mol. The second-order valence-electron chi connectivity index (χ2n) is 8.83. The fourth-order valence-electron chi connectivity index (χ4n) is 4.37. The molecule has 0 amide bonds. The van der Waals surface area contributed by atoms with Gasteiger partial charge in [0.1, 0.15) is 23.0 Å². The Balaban J connectivity index is 1.12. The molecule has 6 rings (SSSR count). The SMILES string of the molecule is CC(c1ccc(Oc2ccc3c(c2)C(=O)OC3=O)cc1)c1ccc(Oc2ccc3c(c2)C(=O)OC3=O)cc1. The highest BCUT2D eigenvalue weighted by Gasteiger charge is 2.31. The minimum atomic E-state index is -0.676. The van der Waals surface area contributed by atoms with Crippen LogP contribution in [0.5, 0.6) is 23.0 Å². The normalized spacial score (nSPS) is 13.7. The van der Waals surface area contributed by atoms with Gasteiger partial charge in [0, 0.05) is 5.92 Å². The van der Waals surface area contributed by atoms with Gasteiger partial charge in [-0.05, 0) is 71.8 Å². The molecule has 2 aliphatic heterocycles. The van der Waals surface area contributed by atoms with Crippen LogP contribution in [0.15, 0.2) is 84.9 Å². The minimum Gasteiger partial charge on any atom is -0.457 e. The average Bonchev–Trinajstić information content (AvgIpc) is 3.37. The minimum absolute atomic E-state index is 0.0830. The van der Waals surface area contributed by atoms with Gasteiger partial charge in [0.05, 0.1) is 22.3 Å². The molecule has 0 bridgehead atoms. The molecule has 0 radical (unpaired) electrons. The number of carbonyl (C=O) groups excluding carboxylic acids is 4. The molecule has 38 heavy (non-hydrogen) atoms. The van der Waals surface area contributed by atoms with Crippen molar-refractivity contribution >= 4 is 23.9 Å². The highest BCUT2D eigenvalue weighted by molar-refractivity contribution is 6.15. The second kappa shape index (κ2) is 9.01. The summed E-state index contributed by atoms with van der Waals surface area (Å²) in [6.07, 6.45) is 0. The van der Waals surface area contributed by atoms with Crippen LogP contribution in [-0.4, -0.2) is 23.9 Å². The van der Waals surface area contributed by atoms with Crippen molar-refractivity contribution in [2.45, 2.75) is 12.8 Å². The van der Waals surface area contributed by atoms with E-state index in [1.165, 1.54) is 24.3 Å². The molecular formula is C30H18O8. The van der Waals surface area contributed by atoms with Gasteiger partial charge in [-0.2, -0.15) is 0 Å². The largest absolute Gasteiger partial charge is 0.457 e. The van der Waals surface area contributed by atoms with E-state index in [2.05, 4.69) is 16.4 Å². The molecule has 0 N–H and O–H groups in total. The van der Waals surface area contributed by atoms with E-state index in [0.29, 0.717) is 23.0 Å². The topological polar surface area (TPSA) is 105 Å². The van der Waals surface area contributed by atoms with Gasteiger partial charge < -0.3 is 18.9 Å². The zero-order valence-electron chi connectivity index (χ0n) is 19.9. The lowest BCUT2D eigenvalue weighted by atomic mass is 9.93. The Kier molecular flexibility index (Phi) is 5.49. The van der Waals surface area contributed by atoms with E-state index >= 15 is 0 Å². The smallest absolute Gasteiger partial charge is 0.347 e. The predicted octanol–water partition coefficient (Wildman–Crippen LogP) is 6.04. The maximum atomic E-state index is 11.8. The number of hydrogen-bond acceptors (Lipinski definition) is 8. The molecule has 8 nitrogen and oxygen atoms in total. The van der Waals surface area contributed by atoms with Crippen molar-refractivity contribution in [1.29, 1.82) is 0 Å². The highest BCUT2D eigenvalue weighted by atomic mass is 16.6. The molecule has 2 aliphatic rings. The van der Waals surface area contributed by atoms with Crippen molar-refractivity contribution in [3.8, 4) is 23.0 Å². The van der Waals surface area contributed by atoms with Gasteiger partial charge in [-0.3, -0.25) is 0 Å². The summed E-state index contributed by atoms with van der Waals surface area (Å²) in [7, 11) is 0. The van der Waals surface area contributed by atoms with Gasteiger partial charge in [-0.25, -0.2) is 19.2 Å². The lowest BCUT2D eigenvalue weighted by Crippen LogP contribution is -1.97. The van der Waals surface area contributed by atoms with Gasteiger partial charge in [0.25, 0.3) is 0 Å². The van der Waals surface area contributed by atoms with Crippen molar-refractivity contribution in [3.05, 3.63) is 118 Å². The molecule has 4 aromatic carbocycles. The Morgan fingerprint density at radius 3 is 1.21 bits per heavy atom. The lowest BCUT2D eigenvalue weighted by Gasteiger charge is -2.14.